The second-order valence-electron chi connectivity index (χ2n) is 6.18. The topological polar surface area (TPSA) is 88.8 Å². The van der Waals surface area contributed by atoms with E-state index in [4.69, 9.17) is 4.52 Å². The molecule has 1 aromatic carbocycles. The highest BCUT2D eigenvalue weighted by Crippen LogP contribution is 2.29. The van der Waals surface area contributed by atoms with Gasteiger partial charge in [0.05, 0.1) is 18.4 Å². The van der Waals surface area contributed by atoms with Gasteiger partial charge in [-0.2, -0.15) is 13.8 Å². The molecule has 2 heterocycles. The van der Waals surface area contributed by atoms with Crippen LogP contribution in [0.15, 0.2) is 28.8 Å². The second-order valence-corrected chi connectivity index (χ2v) is 8.16. The Balaban J connectivity index is 1.69. The minimum atomic E-state index is -3.21. The zero-order valence-corrected chi connectivity index (χ0v) is 15.5. The SMILES string of the molecule is CS(=O)(=O)N1CCCN(Cc2nc(-c3ccccc3OC(F)F)no2)CC1. The van der Waals surface area contributed by atoms with Crippen LogP contribution in [0.3, 0.4) is 0 Å². The lowest BCUT2D eigenvalue weighted by atomic mass is 10.2. The highest BCUT2D eigenvalue weighted by atomic mass is 32.2. The van der Waals surface area contributed by atoms with Crippen molar-refractivity contribution < 1.29 is 26.5 Å². The minimum Gasteiger partial charge on any atom is -0.434 e. The van der Waals surface area contributed by atoms with Crippen molar-refractivity contribution in [2.45, 2.75) is 19.6 Å². The molecule has 27 heavy (non-hydrogen) atoms. The van der Waals surface area contributed by atoms with Gasteiger partial charge < -0.3 is 9.26 Å². The number of sulfonamides is 1. The van der Waals surface area contributed by atoms with Crippen molar-refractivity contribution in [2.75, 3.05) is 32.4 Å². The Labute approximate surface area is 155 Å². The number of rotatable bonds is 6. The highest BCUT2D eigenvalue weighted by molar-refractivity contribution is 7.88. The number of ether oxygens (including phenoxy) is 1. The smallest absolute Gasteiger partial charge is 0.387 e. The van der Waals surface area contributed by atoms with Gasteiger partial charge in [0, 0.05) is 19.6 Å². The van der Waals surface area contributed by atoms with Crippen LogP contribution in [0.1, 0.15) is 12.3 Å². The van der Waals surface area contributed by atoms with Gasteiger partial charge in [-0.15, -0.1) is 0 Å². The molecular formula is C16H20F2N4O4S. The van der Waals surface area contributed by atoms with Crippen LogP contribution < -0.4 is 4.74 Å². The molecule has 2 aromatic rings. The van der Waals surface area contributed by atoms with E-state index in [-0.39, 0.29) is 11.6 Å². The zero-order chi connectivity index (χ0) is 19.4. The van der Waals surface area contributed by atoms with Gasteiger partial charge in [0.15, 0.2) is 0 Å². The molecule has 0 atom stereocenters. The van der Waals surface area contributed by atoms with Gasteiger partial charge in [-0.1, -0.05) is 17.3 Å². The third kappa shape index (κ3) is 5.21. The van der Waals surface area contributed by atoms with Crippen LogP contribution in [0, 0.1) is 0 Å². The van der Waals surface area contributed by atoms with E-state index in [9.17, 15) is 17.2 Å². The summed E-state index contributed by atoms with van der Waals surface area (Å²) >= 11 is 0. The van der Waals surface area contributed by atoms with E-state index in [0.717, 1.165) is 0 Å². The van der Waals surface area contributed by atoms with E-state index in [1.807, 2.05) is 4.90 Å². The van der Waals surface area contributed by atoms with Gasteiger partial charge in [0.25, 0.3) is 0 Å². The lowest BCUT2D eigenvalue weighted by Gasteiger charge is -2.18. The van der Waals surface area contributed by atoms with E-state index < -0.39 is 16.6 Å². The summed E-state index contributed by atoms with van der Waals surface area (Å²) in [5.74, 6) is 0.455. The molecule has 0 amide bonds. The Morgan fingerprint density at radius 1 is 1.22 bits per heavy atom. The maximum absolute atomic E-state index is 12.5. The number of hydrogen-bond acceptors (Lipinski definition) is 7. The van der Waals surface area contributed by atoms with E-state index in [1.165, 1.54) is 16.6 Å². The Morgan fingerprint density at radius 2 is 2.00 bits per heavy atom. The van der Waals surface area contributed by atoms with Gasteiger partial charge in [0.2, 0.25) is 21.7 Å². The summed E-state index contributed by atoms with van der Waals surface area (Å²) in [5, 5.41) is 3.85. The number of alkyl halides is 2. The maximum Gasteiger partial charge on any atom is 0.387 e. The molecule has 0 spiro atoms. The van der Waals surface area contributed by atoms with E-state index in [2.05, 4.69) is 14.9 Å². The summed E-state index contributed by atoms with van der Waals surface area (Å²) in [5.41, 5.74) is 0.312. The summed E-state index contributed by atoms with van der Waals surface area (Å²) in [4.78, 5) is 6.28. The molecule has 0 bridgehead atoms. The van der Waals surface area contributed by atoms with Crippen LogP contribution in [-0.4, -0.2) is 66.8 Å². The zero-order valence-electron chi connectivity index (χ0n) is 14.7. The summed E-state index contributed by atoms with van der Waals surface area (Å²) in [6.07, 6.45) is 1.89. The predicted molar refractivity (Wildman–Crippen MR) is 92.7 cm³/mol. The maximum atomic E-state index is 12.5. The molecule has 0 unspecified atom stereocenters. The average molecular weight is 402 g/mol. The summed E-state index contributed by atoms with van der Waals surface area (Å²) in [7, 11) is -3.21. The van der Waals surface area contributed by atoms with Crippen LogP contribution in [0.5, 0.6) is 5.75 Å². The van der Waals surface area contributed by atoms with Crippen LogP contribution in [0.4, 0.5) is 8.78 Å². The van der Waals surface area contributed by atoms with E-state index in [1.54, 1.807) is 18.2 Å². The van der Waals surface area contributed by atoms with Crippen molar-refractivity contribution in [1.82, 2.24) is 19.3 Å². The molecular weight excluding hydrogens is 382 g/mol. The fourth-order valence-electron chi connectivity index (χ4n) is 2.91. The molecule has 3 rings (SSSR count). The number of halogens is 2. The largest absolute Gasteiger partial charge is 0.434 e. The molecule has 0 N–H and O–H groups in total. The molecule has 0 radical (unpaired) electrons. The monoisotopic (exact) mass is 402 g/mol. The van der Waals surface area contributed by atoms with Gasteiger partial charge in [-0.05, 0) is 25.1 Å². The minimum absolute atomic E-state index is 0.0292. The van der Waals surface area contributed by atoms with Crippen molar-refractivity contribution in [3.05, 3.63) is 30.2 Å². The molecule has 0 saturated carbocycles. The van der Waals surface area contributed by atoms with Gasteiger partial charge in [-0.3, -0.25) is 4.90 Å². The fourth-order valence-corrected chi connectivity index (χ4v) is 3.78. The Kier molecular flexibility index (Phi) is 6.02. The molecule has 1 saturated heterocycles. The first kappa shape index (κ1) is 19.6. The molecule has 11 heteroatoms. The summed E-state index contributed by atoms with van der Waals surface area (Å²) < 4.78 is 59.6. The first-order valence-corrected chi connectivity index (χ1v) is 10.2. The van der Waals surface area contributed by atoms with Crippen molar-refractivity contribution in [2.24, 2.45) is 0 Å². The third-order valence-corrected chi connectivity index (χ3v) is 5.49. The average Bonchev–Trinajstić information content (AvgIpc) is 2.91. The lowest BCUT2D eigenvalue weighted by molar-refractivity contribution is -0.0494. The van der Waals surface area contributed by atoms with Crippen molar-refractivity contribution in [1.29, 1.82) is 0 Å². The van der Waals surface area contributed by atoms with Crippen LogP contribution in [0.25, 0.3) is 11.4 Å². The second kappa shape index (κ2) is 8.28. The molecule has 1 aromatic heterocycles. The van der Waals surface area contributed by atoms with Crippen LogP contribution >= 0.6 is 0 Å². The molecule has 1 fully saturated rings. The van der Waals surface area contributed by atoms with E-state index in [0.29, 0.717) is 50.6 Å². The Morgan fingerprint density at radius 3 is 2.74 bits per heavy atom. The first-order valence-electron chi connectivity index (χ1n) is 8.37. The van der Waals surface area contributed by atoms with Crippen molar-refractivity contribution in [3.63, 3.8) is 0 Å². The molecule has 1 aliphatic heterocycles. The normalized spacial score (nSPS) is 17.2. The Bertz CT molecular complexity index is 875. The highest BCUT2D eigenvalue weighted by Gasteiger charge is 2.23. The van der Waals surface area contributed by atoms with Crippen molar-refractivity contribution >= 4 is 10.0 Å². The number of nitrogens with zero attached hydrogens (tertiary/aromatic N) is 4. The van der Waals surface area contributed by atoms with E-state index >= 15 is 0 Å². The van der Waals surface area contributed by atoms with Crippen LogP contribution in [0.2, 0.25) is 0 Å². The predicted octanol–water partition coefficient (Wildman–Crippen LogP) is 1.81. The Hall–Kier alpha value is -2.11. The summed E-state index contributed by atoms with van der Waals surface area (Å²) in [6.45, 7) is -0.506. The van der Waals surface area contributed by atoms with Gasteiger partial charge in [-0.25, -0.2) is 12.7 Å². The fraction of sp³-hybridized carbons (Fsp3) is 0.500. The number of para-hydroxylation sites is 1. The number of aromatic nitrogens is 2. The quantitative estimate of drug-likeness (QED) is 0.728. The number of benzene rings is 1. The van der Waals surface area contributed by atoms with Crippen molar-refractivity contribution in [3.8, 4) is 17.1 Å². The molecule has 1 aliphatic rings. The number of hydrogen-bond donors (Lipinski definition) is 0. The molecule has 8 nitrogen and oxygen atoms in total. The standard InChI is InChI=1S/C16H20F2N4O4S/c1-27(23,24)22-8-4-7-21(9-10-22)11-14-19-15(20-26-14)12-5-2-3-6-13(12)25-16(17)18/h2-3,5-6,16H,4,7-11H2,1H3. The molecule has 148 valence electrons. The molecule has 0 aliphatic carbocycles. The summed E-state index contributed by atoms with van der Waals surface area (Å²) in [6, 6.07) is 6.22. The van der Waals surface area contributed by atoms with Gasteiger partial charge in [0.1, 0.15) is 5.75 Å². The van der Waals surface area contributed by atoms with Gasteiger partial charge >= 0.3 is 6.61 Å². The first-order chi connectivity index (χ1) is 12.8. The third-order valence-electron chi connectivity index (χ3n) is 4.19. The lowest BCUT2D eigenvalue weighted by Crippen LogP contribution is -2.34. The van der Waals surface area contributed by atoms with Crippen LogP contribution in [-0.2, 0) is 16.6 Å².